The zero-order chi connectivity index (χ0) is 16.3. The normalized spacial score (nSPS) is 18.6. The van der Waals surface area contributed by atoms with Gasteiger partial charge in [-0.15, -0.1) is 0 Å². The average Bonchev–Trinajstić information content (AvgIpc) is 2.85. The Bertz CT molecular complexity index is 521. The molecule has 1 aromatic heterocycles. The zero-order valence-corrected chi connectivity index (χ0v) is 14.2. The predicted molar refractivity (Wildman–Crippen MR) is 88.1 cm³/mol. The van der Waals surface area contributed by atoms with Crippen molar-refractivity contribution in [3.8, 4) is 0 Å². The van der Waals surface area contributed by atoms with E-state index >= 15 is 0 Å². The van der Waals surface area contributed by atoms with Crippen LogP contribution in [0.15, 0.2) is 0 Å². The van der Waals surface area contributed by atoms with Crippen molar-refractivity contribution < 1.29 is 4.79 Å². The molecule has 1 aliphatic heterocycles. The largest absolute Gasteiger partial charge is 0.381 e. The third-order valence-corrected chi connectivity index (χ3v) is 5.10. The second-order valence-corrected chi connectivity index (χ2v) is 6.41. The van der Waals surface area contributed by atoms with Gasteiger partial charge in [0.2, 0.25) is 0 Å². The molecule has 4 N–H and O–H groups in total. The molecule has 2 heterocycles. The lowest BCUT2D eigenvalue weighted by molar-refractivity contribution is 0.0547. The number of hydrogen-bond acceptors (Lipinski definition) is 5. The lowest BCUT2D eigenvalue weighted by atomic mass is 9.86. The molecule has 0 saturated carbocycles. The van der Waals surface area contributed by atoms with Crippen LogP contribution in [0.4, 0.5) is 5.82 Å². The third kappa shape index (κ3) is 3.37. The Morgan fingerprint density at radius 3 is 2.59 bits per heavy atom. The van der Waals surface area contributed by atoms with E-state index in [0.717, 1.165) is 32.5 Å². The number of rotatable bonds is 5. The maximum atomic E-state index is 12.3. The van der Waals surface area contributed by atoms with Crippen LogP contribution in [0.2, 0.25) is 5.02 Å². The summed E-state index contributed by atoms with van der Waals surface area (Å²) in [6.45, 7) is 5.91. The zero-order valence-electron chi connectivity index (χ0n) is 13.4. The number of nitrogens with zero attached hydrogens (tertiary/aromatic N) is 3. The number of nitrogens with two attached hydrogens (primary N) is 1. The van der Waals surface area contributed by atoms with Crippen LogP contribution in [0.5, 0.6) is 0 Å². The van der Waals surface area contributed by atoms with E-state index in [-0.39, 0.29) is 28.0 Å². The van der Waals surface area contributed by atoms with Crippen LogP contribution < -0.4 is 11.1 Å². The van der Waals surface area contributed by atoms with Gasteiger partial charge in [-0.25, -0.2) is 0 Å². The second kappa shape index (κ2) is 6.85. The fourth-order valence-corrected chi connectivity index (χ4v) is 3.06. The minimum Gasteiger partial charge on any atom is -0.381 e. The van der Waals surface area contributed by atoms with Gasteiger partial charge in [-0.3, -0.25) is 9.89 Å². The summed E-state index contributed by atoms with van der Waals surface area (Å²) in [6.07, 6.45) is 2.04. The van der Waals surface area contributed by atoms with Crippen LogP contribution in [0.1, 0.15) is 30.3 Å². The summed E-state index contributed by atoms with van der Waals surface area (Å²) in [5.41, 5.74) is 5.75. The molecule has 2 rings (SSSR count). The van der Waals surface area contributed by atoms with Gasteiger partial charge in [0, 0.05) is 12.1 Å². The fraction of sp³-hybridized carbons (Fsp3) is 0.714. The molecule has 0 spiro atoms. The smallest absolute Gasteiger partial charge is 0.271 e. The summed E-state index contributed by atoms with van der Waals surface area (Å²) >= 11 is 5.96. The molecule has 1 aromatic rings. The Morgan fingerprint density at radius 1 is 1.50 bits per heavy atom. The number of hydrogen-bond donors (Lipinski definition) is 3. The average molecular weight is 329 g/mol. The number of anilines is 1. The minimum atomic E-state index is -0.270. The predicted octanol–water partition coefficient (Wildman–Crippen LogP) is 0.791. The van der Waals surface area contributed by atoms with E-state index in [1.54, 1.807) is 0 Å². The SMILES string of the molecule is CCN1CCC(CNC(=O)c2[nH]nc(N)c2Cl)(N(C)C)CC1. The van der Waals surface area contributed by atoms with Crippen molar-refractivity contribution in [2.45, 2.75) is 25.3 Å². The van der Waals surface area contributed by atoms with Gasteiger partial charge >= 0.3 is 0 Å². The molecule has 0 aliphatic carbocycles. The first-order valence-corrected chi connectivity index (χ1v) is 7.94. The molecule has 0 radical (unpaired) electrons. The van der Waals surface area contributed by atoms with Crippen molar-refractivity contribution >= 4 is 23.3 Å². The Morgan fingerprint density at radius 2 is 2.14 bits per heavy atom. The molecule has 0 bridgehead atoms. The molecule has 124 valence electrons. The van der Waals surface area contributed by atoms with E-state index in [9.17, 15) is 4.79 Å². The van der Waals surface area contributed by atoms with Crippen LogP contribution in [0.3, 0.4) is 0 Å². The number of amides is 1. The van der Waals surface area contributed by atoms with Crippen LogP contribution in [0.25, 0.3) is 0 Å². The number of piperidine rings is 1. The van der Waals surface area contributed by atoms with Gasteiger partial charge in [-0.05, 0) is 46.6 Å². The van der Waals surface area contributed by atoms with Crippen LogP contribution in [-0.4, -0.2) is 71.7 Å². The van der Waals surface area contributed by atoms with Gasteiger partial charge in [0.15, 0.2) is 5.82 Å². The number of H-pyrrole nitrogens is 1. The Kier molecular flexibility index (Phi) is 5.31. The Balaban J connectivity index is 2.01. The van der Waals surface area contributed by atoms with Gasteiger partial charge in [-0.2, -0.15) is 5.10 Å². The van der Waals surface area contributed by atoms with Crippen LogP contribution in [0, 0.1) is 0 Å². The maximum absolute atomic E-state index is 12.3. The van der Waals surface area contributed by atoms with Crippen molar-refractivity contribution in [3.63, 3.8) is 0 Å². The number of likely N-dealkylation sites (tertiary alicyclic amines) is 1. The minimum absolute atomic E-state index is 0.0284. The van der Waals surface area contributed by atoms with E-state index in [2.05, 4.69) is 46.3 Å². The highest BCUT2D eigenvalue weighted by molar-refractivity contribution is 6.35. The van der Waals surface area contributed by atoms with E-state index in [1.165, 1.54) is 0 Å². The molecule has 22 heavy (non-hydrogen) atoms. The first-order valence-electron chi connectivity index (χ1n) is 7.57. The number of nitrogen functional groups attached to an aromatic ring is 1. The molecule has 1 amide bonds. The molecular weight excluding hydrogens is 304 g/mol. The quantitative estimate of drug-likeness (QED) is 0.743. The summed E-state index contributed by atoms with van der Waals surface area (Å²) in [6, 6.07) is 0. The highest BCUT2D eigenvalue weighted by Gasteiger charge is 2.36. The maximum Gasteiger partial charge on any atom is 0.271 e. The van der Waals surface area contributed by atoms with E-state index < -0.39 is 0 Å². The fourth-order valence-electron chi connectivity index (χ4n) is 2.89. The summed E-state index contributed by atoms with van der Waals surface area (Å²) in [5.74, 6) is -0.126. The van der Waals surface area contributed by atoms with Crippen molar-refractivity contribution in [1.29, 1.82) is 0 Å². The lowest BCUT2D eigenvalue weighted by Gasteiger charge is -2.46. The molecule has 7 nitrogen and oxygen atoms in total. The number of nitrogens with one attached hydrogen (secondary N) is 2. The first-order chi connectivity index (χ1) is 10.4. The summed E-state index contributed by atoms with van der Waals surface area (Å²) in [4.78, 5) is 16.9. The number of carbonyl (C=O) groups excluding carboxylic acids is 1. The highest BCUT2D eigenvalue weighted by atomic mass is 35.5. The van der Waals surface area contributed by atoms with Gasteiger partial charge in [0.05, 0.1) is 0 Å². The van der Waals surface area contributed by atoms with Crippen LogP contribution in [-0.2, 0) is 0 Å². The van der Waals surface area contributed by atoms with Gasteiger partial charge in [-0.1, -0.05) is 18.5 Å². The molecule has 1 saturated heterocycles. The second-order valence-electron chi connectivity index (χ2n) is 6.03. The van der Waals surface area contributed by atoms with Gasteiger partial charge < -0.3 is 20.9 Å². The molecule has 0 aromatic carbocycles. The number of aromatic nitrogens is 2. The van der Waals surface area contributed by atoms with E-state index in [1.807, 2.05) is 0 Å². The Hall–Kier alpha value is -1.31. The first kappa shape index (κ1) is 17.1. The van der Waals surface area contributed by atoms with Crippen molar-refractivity contribution in [3.05, 3.63) is 10.7 Å². The number of likely N-dealkylation sites (N-methyl/N-ethyl adjacent to an activating group) is 1. The van der Waals surface area contributed by atoms with Crippen molar-refractivity contribution in [2.75, 3.05) is 46.0 Å². The molecule has 1 aliphatic rings. The molecular formula is C14H25ClN6O. The van der Waals surface area contributed by atoms with Crippen LogP contribution >= 0.6 is 11.6 Å². The van der Waals surface area contributed by atoms with E-state index in [4.69, 9.17) is 17.3 Å². The van der Waals surface area contributed by atoms with Crippen molar-refractivity contribution in [2.24, 2.45) is 0 Å². The summed E-state index contributed by atoms with van der Waals surface area (Å²) in [7, 11) is 4.13. The topological polar surface area (TPSA) is 90.3 Å². The summed E-state index contributed by atoms with van der Waals surface area (Å²) < 4.78 is 0. The number of aromatic amines is 1. The summed E-state index contributed by atoms with van der Waals surface area (Å²) in [5, 5.41) is 9.47. The van der Waals surface area contributed by atoms with E-state index in [0.29, 0.717) is 6.54 Å². The Labute approximate surface area is 136 Å². The molecule has 8 heteroatoms. The van der Waals surface area contributed by atoms with Gasteiger partial charge in [0.1, 0.15) is 10.7 Å². The lowest BCUT2D eigenvalue weighted by Crippen LogP contribution is -2.58. The standard InChI is InChI=1S/C14H25ClN6O/c1-4-21-7-5-14(6-8-21,20(2)3)9-17-13(22)11-10(15)12(16)19-18-11/h4-9H2,1-3H3,(H,17,22)(H3,16,18,19). The monoisotopic (exact) mass is 328 g/mol. The number of carbonyl (C=O) groups is 1. The molecule has 1 fully saturated rings. The molecule has 0 unspecified atom stereocenters. The van der Waals surface area contributed by atoms with Gasteiger partial charge in [0.25, 0.3) is 5.91 Å². The van der Waals surface area contributed by atoms with Crippen molar-refractivity contribution in [1.82, 2.24) is 25.3 Å². The number of halogens is 1. The third-order valence-electron chi connectivity index (χ3n) is 4.72. The highest BCUT2D eigenvalue weighted by Crippen LogP contribution is 2.27. The molecule has 0 atom stereocenters.